The molecule has 1 aromatic carbocycles. The first-order chi connectivity index (χ1) is 6.84. The molecule has 14 heavy (non-hydrogen) atoms. The van der Waals surface area contributed by atoms with Crippen molar-refractivity contribution in [2.24, 2.45) is 0 Å². The molecule has 0 unspecified atom stereocenters. The van der Waals surface area contributed by atoms with Crippen LogP contribution in [0, 0.1) is 4.77 Å². The predicted octanol–water partition coefficient (Wildman–Crippen LogP) is 2.77. The summed E-state index contributed by atoms with van der Waals surface area (Å²) in [6.07, 6.45) is 1.80. The van der Waals surface area contributed by atoms with Crippen molar-refractivity contribution >= 4 is 34.2 Å². The van der Waals surface area contributed by atoms with Crippen LogP contribution in [0.5, 0.6) is 0 Å². The van der Waals surface area contributed by atoms with E-state index in [-0.39, 0.29) is 0 Å². The van der Waals surface area contributed by atoms with E-state index in [0.29, 0.717) is 4.77 Å². The van der Waals surface area contributed by atoms with Crippen molar-refractivity contribution in [3.8, 4) is 0 Å². The van der Waals surface area contributed by atoms with Gasteiger partial charge in [0.05, 0.1) is 22.7 Å². The third-order valence-electron chi connectivity index (χ3n) is 2.26. The van der Waals surface area contributed by atoms with E-state index < -0.39 is 0 Å². The first-order valence-corrected chi connectivity index (χ1v) is 4.71. The number of para-hydroxylation sites is 1. The molecule has 68 valence electrons. The van der Waals surface area contributed by atoms with Crippen LogP contribution in [0.2, 0.25) is 0 Å². The number of rotatable bonds is 0. The first kappa shape index (κ1) is 7.70. The fraction of sp³-hybridized carbons (Fsp3) is 0. The Hall–Kier alpha value is -1.68. The van der Waals surface area contributed by atoms with Gasteiger partial charge in [0.25, 0.3) is 0 Å². The van der Waals surface area contributed by atoms with Crippen LogP contribution in [0.4, 0.5) is 0 Å². The molecule has 3 nitrogen and oxygen atoms in total. The number of aromatic amines is 2. The molecule has 4 heteroatoms. The van der Waals surface area contributed by atoms with Crippen LogP contribution in [0.15, 0.2) is 30.5 Å². The van der Waals surface area contributed by atoms with Crippen molar-refractivity contribution in [3.05, 3.63) is 35.2 Å². The molecule has 0 radical (unpaired) electrons. The molecule has 2 N–H and O–H groups in total. The Balaban J connectivity index is 2.66. The standard InChI is InChI=1S/C10H7N3S/c14-10-12-8-5-11-7-4-2-1-3-6(7)9(8)13-10/h1-5H,(H2,12,13,14). The summed E-state index contributed by atoms with van der Waals surface area (Å²) in [6, 6.07) is 7.98. The third kappa shape index (κ3) is 0.975. The van der Waals surface area contributed by atoms with E-state index >= 15 is 0 Å². The Kier molecular flexibility index (Phi) is 1.46. The van der Waals surface area contributed by atoms with Crippen molar-refractivity contribution < 1.29 is 0 Å². The lowest BCUT2D eigenvalue weighted by Crippen LogP contribution is -1.79. The molecular formula is C10H7N3S. The highest BCUT2D eigenvalue weighted by atomic mass is 32.1. The van der Waals surface area contributed by atoms with Crippen LogP contribution in [-0.2, 0) is 0 Å². The minimum atomic E-state index is 0.637. The molecule has 2 aromatic heterocycles. The van der Waals surface area contributed by atoms with Gasteiger partial charge in [0.2, 0.25) is 0 Å². The predicted molar refractivity (Wildman–Crippen MR) is 58.8 cm³/mol. The summed E-state index contributed by atoms with van der Waals surface area (Å²) in [4.78, 5) is 10.5. The van der Waals surface area contributed by atoms with E-state index in [0.717, 1.165) is 21.9 Å². The fourth-order valence-electron chi connectivity index (χ4n) is 1.64. The number of imidazole rings is 1. The van der Waals surface area contributed by atoms with E-state index in [2.05, 4.69) is 15.0 Å². The summed E-state index contributed by atoms with van der Waals surface area (Å²) in [5.74, 6) is 0. The minimum Gasteiger partial charge on any atom is -0.330 e. The van der Waals surface area contributed by atoms with E-state index in [1.54, 1.807) is 6.20 Å². The number of nitrogens with one attached hydrogen (secondary N) is 2. The van der Waals surface area contributed by atoms with Gasteiger partial charge >= 0.3 is 0 Å². The molecule has 0 aliphatic heterocycles. The molecule has 0 saturated heterocycles. The normalized spacial score (nSPS) is 11.1. The summed E-state index contributed by atoms with van der Waals surface area (Å²) in [6.45, 7) is 0. The Morgan fingerprint density at radius 2 is 2.00 bits per heavy atom. The Morgan fingerprint density at radius 1 is 1.14 bits per heavy atom. The average molecular weight is 201 g/mol. The number of benzene rings is 1. The van der Waals surface area contributed by atoms with Crippen LogP contribution in [0.1, 0.15) is 0 Å². The van der Waals surface area contributed by atoms with Gasteiger partial charge in [-0.1, -0.05) is 18.2 Å². The number of hydrogen-bond acceptors (Lipinski definition) is 2. The zero-order chi connectivity index (χ0) is 9.54. The maximum Gasteiger partial charge on any atom is 0.175 e. The second-order valence-electron chi connectivity index (χ2n) is 3.14. The summed E-state index contributed by atoms with van der Waals surface area (Å²) >= 11 is 5.04. The zero-order valence-corrected chi connectivity index (χ0v) is 8.06. The summed E-state index contributed by atoms with van der Waals surface area (Å²) in [7, 11) is 0. The number of hydrogen-bond donors (Lipinski definition) is 2. The first-order valence-electron chi connectivity index (χ1n) is 4.30. The van der Waals surface area contributed by atoms with E-state index in [1.807, 2.05) is 24.3 Å². The van der Waals surface area contributed by atoms with Gasteiger partial charge < -0.3 is 9.97 Å². The monoisotopic (exact) mass is 201 g/mol. The molecule has 0 aliphatic carbocycles. The highest BCUT2D eigenvalue weighted by Gasteiger charge is 2.01. The van der Waals surface area contributed by atoms with Crippen molar-refractivity contribution in [2.45, 2.75) is 0 Å². The second-order valence-corrected chi connectivity index (χ2v) is 3.55. The summed E-state index contributed by atoms with van der Waals surface area (Å²) in [5.41, 5.74) is 2.96. The maximum atomic E-state index is 5.04. The molecule has 0 bridgehead atoms. The van der Waals surface area contributed by atoms with Crippen LogP contribution < -0.4 is 0 Å². The SMILES string of the molecule is S=c1[nH]c2cnc3ccccc3c2[nH]1. The number of aromatic nitrogens is 3. The fourth-order valence-corrected chi connectivity index (χ4v) is 1.85. The maximum absolute atomic E-state index is 5.04. The Bertz CT molecular complexity index is 665. The molecule has 0 aliphatic rings. The van der Waals surface area contributed by atoms with E-state index in [4.69, 9.17) is 12.2 Å². The molecular weight excluding hydrogens is 194 g/mol. The van der Waals surface area contributed by atoms with Gasteiger partial charge in [-0.05, 0) is 18.3 Å². The Labute approximate surface area is 84.8 Å². The minimum absolute atomic E-state index is 0.637. The van der Waals surface area contributed by atoms with E-state index in [9.17, 15) is 0 Å². The van der Waals surface area contributed by atoms with Gasteiger partial charge in [-0.2, -0.15) is 0 Å². The lowest BCUT2D eigenvalue weighted by Gasteiger charge is -1.96. The van der Waals surface area contributed by atoms with Gasteiger partial charge in [-0.25, -0.2) is 0 Å². The van der Waals surface area contributed by atoms with Gasteiger partial charge in [0.1, 0.15) is 0 Å². The average Bonchev–Trinajstić information content (AvgIpc) is 2.59. The highest BCUT2D eigenvalue weighted by molar-refractivity contribution is 7.71. The van der Waals surface area contributed by atoms with Crippen LogP contribution in [0.3, 0.4) is 0 Å². The van der Waals surface area contributed by atoms with Gasteiger partial charge in [0.15, 0.2) is 4.77 Å². The molecule has 0 fully saturated rings. The van der Waals surface area contributed by atoms with Crippen LogP contribution in [0.25, 0.3) is 21.9 Å². The molecule has 0 atom stereocenters. The van der Waals surface area contributed by atoms with Gasteiger partial charge in [-0.3, -0.25) is 4.98 Å². The molecule has 0 amide bonds. The Morgan fingerprint density at radius 3 is 2.93 bits per heavy atom. The lowest BCUT2D eigenvalue weighted by atomic mass is 10.2. The number of nitrogens with zero attached hydrogens (tertiary/aromatic N) is 1. The topological polar surface area (TPSA) is 44.5 Å². The number of pyridine rings is 1. The zero-order valence-electron chi connectivity index (χ0n) is 7.24. The highest BCUT2D eigenvalue weighted by Crippen LogP contribution is 2.19. The largest absolute Gasteiger partial charge is 0.330 e. The van der Waals surface area contributed by atoms with Crippen LogP contribution in [-0.4, -0.2) is 15.0 Å². The van der Waals surface area contributed by atoms with E-state index in [1.165, 1.54) is 0 Å². The lowest BCUT2D eigenvalue weighted by molar-refractivity contribution is 1.30. The molecule has 3 rings (SSSR count). The summed E-state index contributed by atoms with van der Waals surface area (Å²) in [5, 5.41) is 1.09. The second kappa shape index (κ2) is 2.65. The number of H-pyrrole nitrogens is 2. The summed E-state index contributed by atoms with van der Waals surface area (Å²) < 4.78 is 0.637. The molecule has 0 spiro atoms. The van der Waals surface area contributed by atoms with Crippen molar-refractivity contribution in [1.82, 2.24) is 15.0 Å². The van der Waals surface area contributed by atoms with Crippen molar-refractivity contribution in [2.75, 3.05) is 0 Å². The van der Waals surface area contributed by atoms with Crippen LogP contribution >= 0.6 is 12.2 Å². The third-order valence-corrected chi connectivity index (χ3v) is 2.47. The molecule has 3 aromatic rings. The molecule has 0 saturated carbocycles. The van der Waals surface area contributed by atoms with Crippen molar-refractivity contribution in [1.29, 1.82) is 0 Å². The number of fused-ring (bicyclic) bond motifs is 3. The smallest absolute Gasteiger partial charge is 0.175 e. The molecule has 2 heterocycles. The van der Waals surface area contributed by atoms with Crippen molar-refractivity contribution in [3.63, 3.8) is 0 Å². The van der Waals surface area contributed by atoms with Gasteiger partial charge in [-0.15, -0.1) is 0 Å². The quantitative estimate of drug-likeness (QED) is 0.549. The van der Waals surface area contributed by atoms with Gasteiger partial charge in [0, 0.05) is 5.39 Å².